The van der Waals surface area contributed by atoms with Crippen LogP contribution in [0.5, 0.6) is 0 Å². The predicted molar refractivity (Wildman–Crippen MR) is 212 cm³/mol. The second-order valence-electron chi connectivity index (χ2n) is 16.0. The molecular weight excluding hydrogens is 758 g/mol. The van der Waals surface area contributed by atoms with E-state index in [0.29, 0.717) is 12.8 Å². The van der Waals surface area contributed by atoms with Crippen LogP contribution in [0.2, 0.25) is 18.1 Å². The summed E-state index contributed by atoms with van der Waals surface area (Å²) >= 11 is 0. The molecule has 0 unspecified atom stereocenters. The van der Waals surface area contributed by atoms with Crippen molar-refractivity contribution in [3.63, 3.8) is 0 Å². The summed E-state index contributed by atoms with van der Waals surface area (Å²) in [5, 5.41) is -0.200. The van der Waals surface area contributed by atoms with E-state index in [0.717, 1.165) is 38.5 Å². The number of nitrogen functional groups attached to an aromatic ring is 1. The van der Waals surface area contributed by atoms with Crippen LogP contribution in [0.25, 0.3) is 11.2 Å². The Hall–Kier alpha value is -4.14. The first-order valence-electron chi connectivity index (χ1n) is 20.1. The number of unbranched alkanes of at least 4 members (excludes halogenated alkanes) is 6. The number of anilines is 1. The average molecular weight is 820 g/mol. The Balaban J connectivity index is 1.62. The van der Waals surface area contributed by atoms with E-state index in [-0.39, 0.29) is 80.4 Å². The average Bonchev–Trinajstić information content (AvgIpc) is 3.73. The van der Waals surface area contributed by atoms with Crippen molar-refractivity contribution in [3.05, 3.63) is 12.4 Å². The van der Waals surface area contributed by atoms with E-state index in [9.17, 15) is 23.6 Å². The number of nitrogens with zero attached hydrogens (tertiary/aromatic N) is 4. The fourth-order valence-corrected chi connectivity index (χ4v) is 7.26. The van der Waals surface area contributed by atoms with Crippen LogP contribution in [0.1, 0.15) is 131 Å². The summed E-state index contributed by atoms with van der Waals surface area (Å²) in [6, 6.07) is 0. The van der Waals surface area contributed by atoms with Gasteiger partial charge in [-0.05, 0) is 37.4 Å². The van der Waals surface area contributed by atoms with Gasteiger partial charge in [0.1, 0.15) is 26.0 Å². The second kappa shape index (κ2) is 22.1. The zero-order valence-corrected chi connectivity index (χ0v) is 35.7. The molecule has 318 valence electrons. The molecule has 2 aromatic rings. The van der Waals surface area contributed by atoms with Crippen LogP contribution in [-0.2, 0) is 47.3 Å². The van der Waals surface area contributed by atoms with E-state index in [1.807, 2.05) is 0 Å². The van der Waals surface area contributed by atoms with Crippen molar-refractivity contribution in [2.45, 2.75) is 167 Å². The number of aromatic nitrogens is 4. The first-order chi connectivity index (χ1) is 26.9. The van der Waals surface area contributed by atoms with E-state index < -0.39 is 62.3 Å². The summed E-state index contributed by atoms with van der Waals surface area (Å²) in [4.78, 5) is 62.2. The van der Waals surface area contributed by atoms with Gasteiger partial charge in [0.05, 0.1) is 12.4 Å². The Morgan fingerprint density at radius 2 is 1.49 bits per heavy atom. The number of carbonyl (C=O) groups is 4. The minimum Gasteiger partial charge on any atom is -0.462 e. The topological polar surface area (TPSA) is 193 Å². The molecule has 0 aromatic carbocycles. The standard InChI is InChI=1S/C40H62FN5O10Si/c1-9-12-14-16-19-31(47)51-24-28(25-52-32(48)20-17-15-13-10-2)54-34(50)22-18-21-33(49)53-26-40(11-3)29(56-57(7,8)39(4,5)6)23-30(55-40)46-27-43-35-36(42)44-38(41)45-37(35)46/h3,27-30H,9-10,12-26H2,1-2,4-8H3,(H2,42,44,45)/t29-,30+,40+/m0/s1. The van der Waals surface area contributed by atoms with Gasteiger partial charge in [0, 0.05) is 32.1 Å². The van der Waals surface area contributed by atoms with Crippen LogP contribution < -0.4 is 5.73 Å². The van der Waals surface area contributed by atoms with Gasteiger partial charge in [-0.1, -0.05) is 79.1 Å². The third-order valence-corrected chi connectivity index (χ3v) is 14.8. The van der Waals surface area contributed by atoms with Gasteiger partial charge in [-0.15, -0.1) is 6.42 Å². The molecule has 0 aliphatic carbocycles. The summed E-state index contributed by atoms with van der Waals surface area (Å²) in [5.74, 6) is 0.389. The number of imidazole rings is 1. The SMILES string of the molecule is C#C[C@]1(COC(=O)CCCC(=O)OC(COC(=O)CCCCCC)COC(=O)CCCCCC)O[C@@H](n2cnc3c(N)nc(F)nc32)C[C@@H]1O[Si](C)(C)C(C)(C)C. The van der Waals surface area contributed by atoms with Crippen molar-refractivity contribution < 1.29 is 51.7 Å². The van der Waals surface area contributed by atoms with Crippen molar-refractivity contribution in [3.8, 4) is 12.3 Å². The highest BCUT2D eigenvalue weighted by molar-refractivity contribution is 6.74. The van der Waals surface area contributed by atoms with Crippen LogP contribution >= 0.6 is 0 Å². The first kappa shape index (κ1) is 47.2. The van der Waals surface area contributed by atoms with E-state index in [1.54, 1.807) is 0 Å². The molecule has 3 rings (SSSR count). The van der Waals surface area contributed by atoms with E-state index in [1.165, 1.54) is 10.9 Å². The molecule has 0 amide bonds. The van der Waals surface area contributed by atoms with Crippen LogP contribution in [0, 0.1) is 18.4 Å². The number of nitrogens with two attached hydrogens (primary N) is 1. The van der Waals surface area contributed by atoms with Crippen molar-refractivity contribution in [1.82, 2.24) is 19.5 Å². The Morgan fingerprint density at radius 3 is 2.05 bits per heavy atom. The van der Waals surface area contributed by atoms with E-state index in [2.05, 4.69) is 68.6 Å². The maximum absolute atomic E-state index is 14.2. The number of hydrogen-bond donors (Lipinski definition) is 1. The fourth-order valence-electron chi connectivity index (χ4n) is 5.91. The zero-order valence-electron chi connectivity index (χ0n) is 34.7. The lowest BCUT2D eigenvalue weighted by molar-refractivity contribution is -0.167. The molecule has 1 aliphatic rings. The summed E-state index contributed by atoms with van der Waals surface area (Å²) in [5.41, 5.74) is 4.65. The third kappa shape index (κ3) is 14.3. The molecule has 2 aromatic heterocycles. The molecule has 0 spiro atoms. The number of terminal acetylenes is 1. The highest BCUT2D eigenvalue weighted by Gasteiger charge is 2.54. The van der Waals surface area contributed by atoms with Gasteiger partial charge in [0.2, 0.25) is 0 Å². The van der Waals surface area contributed by atoms with Gasteiger partial charge < -0.3 is 33.8 Å². The van der Waals surface area contributed by atoms with Gasteiger partial charge in [-0.25, -0.2) is 4.98 Å². The molecule has 15 nitrogen and oxygen atoms in total. The lowest BCUT2D eigenvalue weighted by Gasteiger charge is -2.41. The smallest absolute Gasteiger partial charge is 0.312 e. The molecule has 0 bridgehead atoms. The summed E-state index contributed by atoms with van der Waals surface area (Å²) < 4.78 is 50.7. The third-order valence-electron chi connectivity index (χ3n) is 10.3. The molecule has 1 fully saturated rings. The fraction of sp³-hybridized carbons (Fsp3) is 0.725. The van der Waals surface area contributed by atoms with Crippen molar-refractivity contribution >= 4 is 49.2 Å². The Kier molecular flexibility index (Phi) is 18.3. The Labute approximate surface area is 336 Å². The molecule has 0 radical (unpaired) electrons. The van der Waals surface area contributed by atoms with Crippen LogP contribution in [0.3, 0.4) is 0 Å². The molecule has 1 aliphatic heterocycles. The first-order valence-corrected chi connectivity index (χ1v) is 23.0. The predicted octanol–water partition coefficient (Wildman–Crippen LogP) is 6.88. The Bertz CT molecular complexity index is 1660. The normalized spacial score (nSPS) is 18.4. The van der Waals surface area contributed by atoms with Crippen molar-refractivity contribution in [1.29, 1.82) is 0 Å². The second-order valence-corrected chi connectivity index (χ2v) is 20.8. The number of fused-ring (bicyclic) bond motifs is 1. The highest BCUT2D eigenvalue weighted by atomic mass is 28.4. The lowest BCUT2D eigenvalue weighted by Crippen LogP contribution is -2.52. The minimum absolute atomic E-state index is 0.0724. The molecule has 3 atom stereocenters. The van der Waals surface area contributed by atoms with Crippen LogP contribution in [0.15, 0.2) is 6.33 Å². The van der Waals surface area contributed by atoms with Crippen molar-refractivity contribution in [2.24, 2.45) is 0 Å². The monoisotopic (exact) mass is 819 g/mol. The molecule has 2 N–H and O–H groups in total. The van der Waals surface area contributed by atoms with Gasteiger partial charge >= 0.3 is 30.0 Å². The van der Waals surface area contributed by atoms with Gasteiger partial charge in [0.15, 0.2) is 37.0 Å². The maximum atomic E-state index is 14.2. The Morgan fingerprint density at radius 1 is 0.930 bits per heavy atom. The number of rotatable bonds is 24. The molecule has 57 heavy (non-hydrogen) atoms. The van der Waals surface area contributed by atoms with Crippen LogP contribution in [0.4, 0.5) is 10.2 Å². The molecule has 1 saturated heterocycles. The number of esters is 4. The van der Waals surface area contributed by atoms with Gasteiger partial charge in [0.25, 0.3) is 0 Å². The number of ether oxygens (including phenoxy) is 5. The van der Waals surface area contributed by atoms with Crippen LogP contribution in [-0.4, -0.2) is 89.3 Å². The lowest BCUT2D eigenvalue weighted by atomic mass is 9.99. The molecule has 3 heterocycles. The highest BCUT2D eigenvalue weighted by Crippen LogP contribution is 2.45. The molecule has 0 saturated carbocycles. The number of carbonyl (C=O) groups excluding carboxylic acids is 4. The van der Waals surface area contributed by atoms with Gasteiger partial charge in [-0.2, -0.15) is 14.4 Å². The summed E-state index contributed by atoms with van der Waals surface area (Å²) in [6.07, 6.45) is 11.6. The quantitative estimate of drug-likeness (QED) is 0.0288. The summed E-state index contributed by atoms with van der Waals surface area (Å²) in [6.45, 7) is 13.6. The maximum Gasteiger partial charge on any atom is 0.312 e. The molecule has 17 heteroatoms. The largest absolute Gasteiger partial charge is 0.462 e. The molecular formula is C40H62FN5O10Si. The van der Waals surface area contributed by atoms with E-state index in [4.69, 9.17) is 40.3 Å². The van der Waals surface area contributed by atoms with Gasteiger partial charge in [-0.3, -0.25) is 23.7 Å². The number of hydrogen-bond acceptors (Lipinski definition) is 14. The number of halogens is 1. The van der Waals surface area contributed by atoms with Crippen molar-refractivity contribution in [2.75, 3.05) is 25.6 Å². The summed E-state index contributed by atoms with van der Waals surface area (Å²) in [7, 11) is -2.46. The zero-order chi connectivity index (χ0) is 42.2. The minimum atomic E-state index is -2.46. The van der Waals surface area contributed by atoms with E-state index >= 15 is 0 Å².